The maximum absolute atomic E-state index is 13.4. The van der Waals surface area contributed by atoms with Crippen LogP contribution < -0.4 is 4.74 Å². The third-order valence-corrected chi connectivity index (χ3v) is 4.46. The number of benzene rings is 1. The van der Waals surface area contributed by atoms with Crippen LogP contribution in [0.4, 0.5) is 19.4 Å². The van der Waals surface area contributed by atoms with Gasteiger partial charge < -0.3 is 4.74 Å². The molecule has 0 unspecified atom stereocenters. The molecule has 0 aromatic heterocycles. The van der Waals surface area contributed by atoms with Crippen LogP contribution in [-0.4, -0.2) is 6.61 Å². The van der Waals surface area contributed by atoms with Gasteiger partial charge in [0.05, 0.1) is 6.61 Å². The van der Waals surface area contributed by atoms with Crippen molar-refractivity contribution < 1.29 is 24.2 Å². The Morgan fingerprint density at radius 3 is 2.32 bits per heavy atom. The van der Waals surface area contributed by atoms with Crippen molar-refractivity contribution in [3.05, 3.63) is 35.9 Å². The third-order valence-electron chi connectivity index (χ3n) is 3.18. The Hall–Kier alpha value is -1.24. The van der Waals surface area contributed by atoms with E-state index < -0.39 is 26.4 Å². The van der Waals surface area contributed by atoms with Gasteiger partial charge in [0.2, 0.25) is 0 Å². The lowest BCUT2D eigenvalue weighted by Gasteiger charge is -2.42. The van der Waals surface area contributed by atoms with Crippen LogP contribution in [0.25, 0.3) is 0 Å². The van der Waals surface area contributed by atoms with Gasteiger partial charge in [-0.15, -0.1) is 6.58 Å². The van der Waals surface area contributed by atoms with E-state index >= 15 is 0 Å². The quantitative estimate of drug-likeness (QED) is 0.282. The van der Waals surface area contributed by atoms with Crippen molar-refractivity contribution in [2.24, 2.45) is 0 Å². The monoisotopic (exact) mass is 344 g/mol. The minimum Gasteiger partial charge on any atom is -0.492 e. The molecule has 0 radical (unpaired) electrons. The number of rotatable bonds is 8. The molecule has 0 aliphatic carbocycles. The molecule has 1 aromatic rings. The highest BCUT2D eigenvalue weighted by atomic mass is 32.5. The van der Waals surface area contributed by atoms with Gasteiger partial charge in [-0.3, -0.25) is 0 Å². The van der Waals surface area contributed by atoms with Crippen molar-refractivity contribution in [2.45, 2.75) is 44.4 Å². The van der Waals surface area contributed by atoms with Gasteiger partial charge in [-0.25, -0.2) is 0 Å². The zero-order valence-electron chi connectivity index (χ0n) is 12.7. The van der Waals surface area contributed by atoms with Crippen LogP contribution in [0.2, 0.25) is 0 Å². The first-order valence-corrected chi connectivity index (χ1v) is 8.96. The smallest absolute Gasteiger partial charge is 0.314 e. The van der Waals surface area contributed by atoms with E-state index in [2.05, 4.69) is 6.58 Å². The standard InChI is InChI=1S/C15H21F5OS/c1-4-6-7-8-13-9-10-14(21-11-5-2)15(12(13)3)22(16,17,18,19)20/h4,9-10H,1,5-8,11H2,2-3H3. The maximum Gasteiger partial charge on any atom is 0.314 e. The summed E-state index contributed by atoms with van der Waals surface area (Å²) < 4.78 is 71.8. The molecule has 1 rings (SSSR count). The van der Waals surface area contributed by atoms with Crippen molar-refractivity contribution in [2.75, 3.05) is 6.61 Å². The van der Waals surface area contributed by atoms with Gasteiger partial charge in [0.25, 0.3) is 0 Å². The molecule has 0 aliphatic rings. The predicted molar refractivity (Wildman–Crippen MR) is 81.5 cm³/mol. The van der Waals surface area contributed by atoms with Crippen LogP contribution in [0.3, 0.4) is 0 Å². The zero-order valence-corrected chi connectivity index (χ0v) is 13.5. The molecular weight excluding hydrogens is 323 g/mol. The van der Waals surface area contributed by atoms with Crippen LogP contribution in [-0.2, 0) is 6.42 Å². The van der Waals surface area contributed by atoms with Gasteiger partial charge in [0.1, 0.15) is 5.75 Å². The summed E-state index contributed by atoms with van der Waals surface area (Å²) in [5.74, 6) is -0.786. The van der Waals surface area contributed by atoms with E-state index in [1.807, 2.05) is 0 Å². The molecule has 1 nitrogen and oxygen atoms in total. The molecule has 0 saturated carbocycles. The largest absolute Gasteiger partial charge is 0.492 e. The number of aryl methyl sites for hydroxylation is 1. The Bertz CT molecular complexity index is 551. The number of halogens is 5. The Kier molecular flexibility index (Phi) is 4.92. The molecule has 0 fully saturated rings. The second-order valence-electron chi connectivity index (χ2n) is 5.18. The summed E-state index contributed by atoms with van der Waals surface area (Å²) >= 11 is 0. The molecule has 0 N–H and O–H groups in total. The second-order valence-corrected chi connectivity index (χ2v) is 7.52. The van der Waals surface area contributed by atoms with Crippen molar-refractivity contribution in [1.29, 1.82) is 0 Å². The Labute approximate surface area is 127 Å². The first-order chi connectivity index (χ1) is 9.90. The van der Waals surface area contributed by atoms with Crippen molar-refractivity contribution in [3.8, 4) is 5.75 Å². The highest BCUT2D eigenvalue weighted by molar-refractivity contribution is 8.45. The number of hydrogen-bond donors (Lipinski definition) is 0. The van der Waals surface area contributed by atoms with Gasteiger partial charge >= 0.3 is 10.2 Å². The van der Waals surface area contributed by atoms with Crippen LogP contribution in [0, 0.1) is 6.92 Å². The molecular formula is C15H21F5OS. The molecule has 1 aromatic carbocycles. The average Bonchev–Trinajstić information content (AvgIpc) is 2.35. The predicted octanol–water partition coefficient (Wildman–Crippen LogP) is 6.95. The van der Waals surface area contributed by atoms with Gasteiger partial charge in [-0.05, 0) is 49.8 Å². The Morgan fingerprint density at radius 2 is 1.82 bits per heavy atom. The number of unbranched alkanes of at least 4 members (excludes halogenated alkanes) is 1. The fourth-order valence-corrected chi connectivity index (χ4v) is 3.44. The Morgan fingerprint density at radius 1 is 1.18 bits per heavy atom. The first kappa shape index (κ1) is 18.8. The highest BCUT2D eigenvalue weighted by Crippen LogP contribution is 3.03. The molecule has 0 saturated heterocycles. The van der Waals surface area contributed by atoms with Gasteiger partial charge in [-0.1, -0.05) is 38.5 Å². The highest BCUT2D eigenvalue weighted by Gasteiger charge is 2.68. The van der Waals surface area contributed by atoms with E-state index in [9.17, 15) is 19.4 Å². The second kappa shape index (κ2) is 5.76. The molecule has 0 amide bonds. The Balaban J connectivity index is 3.40. The molecule has 0 bridgehead atoms. The summed E-state index contributed by atoms with van der Waals surface area (Å²) in [5.41, 5.74) is -0.189. The van der Waals surface area contributed by atoms with Crippen LogP contribution in [0.15, 0.2) is 29.7 Å². The summed E-state index contributed by atoms with van der Waals surface area (Å²) in [6, 6.07) is 2.43. The van der Waals surface area contributed by atoms with Gasteiger partial charge in [-0.2, -0.15) is 0 Å². The lowest BCUT2D eigenvalue weighted by atomic mass is 10.0. The minimum atomic E-state index is -9.82. The molecule has 0 heterocycles. The maximum atomic E-state index is 13.4. The summed E-state index contributed by atoms with van der Waals surface area (Å²) in [4.78, 5) is -1.88. The lowest BCUT2D eigenvalue weighted by molar-refractivity contribution is 0.295. The van der Waals surface area contributed by atoms with E-state index in [0.717, 1.165) is 13.0 Å². The van der Waals surface area contributed by atoms with Crippen LogP contribution in [0.1, 0.15) is 37.3 Å². The fourth-order valence-electron chi connectivity index (χ4n) is 2.22. The van der Waals surface area contributed by atoms with E-state index in [1.54, 1.807) is 13.0 Å². The lowest BCUT2D eigenvalue weighted by Crippen LogP contribution is -2.13. The van der Waals surface area contributed by atoms with E-state index in [0.29, 0.717) is 19.3 Å². The normalized spacial score (nSPS) is 15.0. The summed E-state index contributed by atoms with van der Waals surface area (Å²) in [6.45, 7) is 6.25. The summed E-state index contributed by atoms with van der Waals surface area (Å²) in [6.07, 6.45) is 3.52. The number of hydrogen-bond acceptors (Lipinski definition) is 1. The molecule has 0 spiro atoms. The average molecular weight is 344 g/mol. The fraction of sp³-hybridized carbons (Fsp3) is 0.467. The molecule has 0 atom stereocenters. The van der Waals surface area contributed by atoms with Crippen molar-refractivity contribution in [3.63, 3.8) is 0 Å². The molecule has 22 heavy (non-hydrogen) atoms. The number of ether oxygens (including phenoxy) is 1. The third kappa shape index (κ3) is 4.90. The van der Waals surface area contributed by atoms with Gasteiger partial charge in [0, 0.05) is 0 Å². The summed E-state index contributed by atoms with van der Waals surface area (Å²) in [5, 5.41) is 0. The topological polar surface area (TPSA) is 9.23 Å². The SMILES string of the molecule is C=CCCCc1ccc(OCCC)c(S(F)(F)(F)(F)F)c1C. The van der Waals surface area contributed by atoms with Crippen LogP contribution >= 0.6 is 10.2 Å². The molecule has 0 aliphatic heterocycles. The first-order valence-electron chi connectivity index (χ1n) is 7.01. The van der Waals surface area contributed by atoms with Crippen molar-refractivity contribution >= 4 is 10.2 Å². The minimum absolute atomic E-state index is 0.0455. The zero-order chi connectivity index (χ0) is 17.1. The van der Waals surface area contributed by atoms with E-state index in [-0.39, 0.29) is 18.6 Å². The molecule has 128 valence electrons. The van der Waals surface area contributed by atoms with Crippen molar-refractivity contribution in [1.82, 2.24) is 0 Å². The summed E-state index contributed by atoms with van der Waals surface area (Å²) in [7, 11) is -9.82. The molecule has 7 heteroatoms. The van der Waals surface area contributed by atoms with Crippen LogP contribution in [0.5, 0.6) is 5.75 Å². The van der Waals surface area contributed by atoms with E-state index in [4.69, 9.17) is 4.74 Å². The van der Waals surface area contributed by atoms with Gasteiger partial charge in [0.15, 0.2) is 4.90 Å². The number of allylic oxidation sites excluding steroid dienone is 1. The van der Waals surface area contributed by atoms with E-state index in [1.165, 1.54) is 6.07 Å².